The van der Waals surface area contributed by atoms with Crippen molar-refractivity contribution in [2.45, 2.75) is 31.4 Å². The van der Waals surface area contributed by atoms with E-state index in [0.717, 1.165) is 6.42 Å². The monoisotopic (exact) mass is 159 g/mol. The molecule has 1 rings (SSSR count). The van der Waals surface area contributed by atoms with Gasteiger partial charge < -0.3 is 15.5 Å². The first-order valence-electron chi connectivity index (χ1n) is 3.72. The van der Waals surface area contributed by atoms with Gasteiger partial charge in [0, 0.05) is 0 Å². The van der Waals surface area contributed by atoms with E-state index in [1.54, 1.807) is 6.92 Å². The Bertz CT molecular complexity index is 167. The Kier molecular flexibility index (Phi) is 2.15. The molecule has 1 aliphatic heterocycles. The average Bonchev–Trinajstić information content (AvgIpc) is 1.85. The van der Waals surface area contributed by atoms with Crippen LogP contribution in [-0.2, 0) is 4.79 Å². The van der Waals surface area contributed by atoms with Crippen molar-refractivity contribution in [2.75, 3.05) is 6.54 Å². The number of carbonyl (C=O) groups is 1. The summed E-state index contributed by atoms with van der Waals surface area (Å²) in [5.41, 5.74) is -1.09. The maximum absolute atomic E-state index is 10.5. The zero-order valence-corrected chi connectivity index (χ0v) is 6.50. The van der Waals surface area contributed by atoms with Crippen LogP contribution in [0.2, 0.25) is 0 Å². The summed E-state index contributed by atoms with van der Waals surface area (Å²) in [6, 6.07) is -0.809. The molecule has 1 saturated heterocycles. The van der Waals surface area contributed by atoms with Gasteiger partial charge in [0.15, 0.2) is 0 Å². The van der Waals surface area contributed by atoms with Gasteiger partial charge in [-0.25, -0.2) is 0 Å². The predicted octanol–water partition coefficient (Wildman–Crippen LogP) is -0.426. The number of rotatable bonds is 1. The summed E-state index contributed by atoms with van der Waals surface area (Å²) in [7, 11) is 0. The molecule has 0 spiro atoms. The Hall–Kier alpha value is -0.610. The van der Waals surface area contributed by atoms with E-state index in [1.807, 2.05) is 0 Å². The summed E-state index contributed by atoms with van der Waals surface area (Å²) in [5.74, 6) is -0.977. The SMILES string of the molecule is C[C@@]1(O)CCCN[C@H]1C(=O)O. The normalized spacial score (nSPS) is 38.5. The predicted molar refractivity (Wildman–Crippen MR) is 39.3 cm³/mol. The third-order valence-corrected chi connectivity index (χ3v) is 2.08. The molecule has 0 saturated carbocycles. The second kappa shape index (κ2) is 2.79. The smallest absolute Gasteiger partial charge is 0.323 e. The van der Waals surface area contributed by atoms with E-state index in [2.05, 4.69) is 5.32 Å². The third kappa shape index (κ3) is 1.70. The summed E-state index contributed by atoms with van der Waals surface area (Å²) in [6.45, 7) is 2.23. The van der Waals surface area contributed by atoms with E-state index < -0.39 is 17.6 Å². The van der Waals surface area contributed by atoms with Crippen LogP contribution in [0.1, 0.15) is 19.8 Å². The van der Waals surface area contributed by atoms with E-state index in [-0.39, 0.29) is 0 Å². The fraction of sp³-hybridized carbons (Fsp3) is 0.857. The van der Waals surface area contributed by atoms with Crippen molar-refractivity contribution in [3.63, 3.8) is 0 Å². The Morgan fingerprint density at radius 3 is 2.73 bits per heavy atom. The Morgan fingerprint density at radius 2 is 2.36 bits per heavy atom. The molecule has 11 heavy (non-hydrogen) atoms. The van der Waals surface area contributed by atoms with Crippen LogP contribution >= 0.6 is 0 Å². The number of hydrogen-bond donors (Lipinski definition) is 3. The van der Waals surface area contributed by atoms with E-state index in [0.29, 0.717) is 13.0 Å². The van der Waals surface area contributed by atoms with Crippen molar-refractivity contribution in [1.29, 1.82) is 0 Å². The molecule has 0 aromatic carbocycles. The van der Waals surface area contributed by atoms with Crippen LogP contribution in [-0.4, -0.2) is 34.4 Å². The van der Waals surface area contributed by atoms with Crippen molar-refractivity contribution >= 4 is 5.97 Å². The molecule has 0 aliphatic carbocycles. The fourth-order valence-corrected chi connectivity index (χ4v) is 1.41. The maximum Gasteiger partial charge on any atom is 0.323 e. The van der Waals surface area contributed by atoms with Crippen molar-refractivity contribution in [1.82, 2.24) is 5.32 Å². The Labute approximate surface area is 65.2 Å². The quantitative estimate of drug-likeness (QED) is 0.485. The van der Waals surface area contributed by atoms with Gasteiger partial charge >= 0.3 is 5.97 Å². The summed E-state index contributed by atoms with van der Waals surface area (Å²) < 4.78 is 0. The molecular formula is C7H13NO3. The van der Waals surface area contributed by atoms with E-state index in [4.69, 9.17) is 5.11 Å². The molecule has 0 amide bonds. The average molecular weight is 159 g/mol. The number of aliphatic hydroxyl groups is 1. The van der Waals surface area contributed by atoms with Crippen molar-refractivity contribution < 1.29 is 15.0 Å². The zero-order valence-electron chi connectivity index (χ0n) is 6.50. The minimum absolute atomic E-state index is 0.553. The van der Waals surface area contributed by atoms with Gasteiger partial charge in [0.1, 0.15) is 6.04 Å². The summed E-state index contributed by atoms with van der Waals surface area (Å²) in [4.78, 5) is 10.5. The van der Waals surface area contributed by atoms with Crippen LogP contribution in [0.5, 0.6) is 0 Å². The van der Waals surface area contributed by atoms with Crippen LogP contribution < -0.4 is 5.32 Å². The highest BCUT2D eigenvalue weighted by molar-refractivity contribution is 5.75. The first-order valence-corrected chi connectivity index (χ1v) is 3.72. The van der Waals surface area contributed by atoms with Crippen LogP contribution in [0.15, 0.2) is 0 Å². The Morgan fingerprint density at radius 1 is 1.73 bits per heavy atom. The molecule has 1 aliphatic rings. The maximum atomic E-state index is 10.5. The van der Waals surface area contributed by atoms with Gasteiger partial charge in [-0.3, -0.25) is 4.79 Å². The van der Waals surface area contributed by atoms with Crippen molar-refractivity contribution in [2.24, 2.45) is 0 Å². The zero-order chi connectivity index (χ0) is 8.48. The number of piperidine rings is 1. The lowest BCUT2D eigenvalue weighted by Crippen LogP contribution is -2.57. The van der Waals surface area contributed by atoms with Crippen LogP contribution in [0, 0.1) is 0 Å². The molecule has 2 atom stereocenters. The van der Waals surface area contributed by atoms with Crippen LogP contribution in [0.4, 0.5) is 0 Å². The summed E-state index contributed by atoms with van der Waals surface area (Å²) >= 11 is 0. The van der Waals surface area contributed by atoms with Gasteiger partial charge in [-0.15, -0.1) is 0 Å². The highest BCUT2D eigenvalue weighted by Crippen LogP contribution is 2.20. The number of aliphatic carboxylic acids is 1. The van der Waals surface area contributed by atoms with Gasteiger partial charge in [-0.2, -0.15) is 0 Å². The second-order valence-corrected chi connectivity index (χ2v) is 3.19. The van der Waals surface area contributed by atoms with Crippen molar-refractivity contribution in [3.05, 3.63) is 0 Å². The topological polar surface area (TPSA) is 69.6 Å². The van der Waals surface area contributed by atoms with Gasteiger partial charge in [-0.1, -0.05) is 0 Å². The fourth-order valence-electron chi connectivity index (χ4n) is 1.41. The molecule has 0 aromatic heterocycles. The lowest BCUT2D eigenvalue weighted by molar-refractivity contribution is -0.148. The standard InChI is InChI=1S/C7H13NO3/c1-7(11)3-2-4-8-5(7)6(9)10/h5,8,11H,2-4H2,1H3,(H,9,10)/t5-,7+/m0/s1. The van der Waals surface area contributed by atoms with E-state index >= 15 is 0 Å². The van der Waals surface area contributed by atoms with Crippen molar-refractivity contribution in [3.8, 4) is 0 Å². The number of carboxylic acid groups (broad SMARTS) is 1. The van der Waals surface area contributed by atoms with Gasteiger partial charge in [0.2, 0.25) is 0 Å². The molecule has 1 heterocycles. The van der Waals surface area contributed by atoms with E-state index in [1.165, 1.54) is 0 Å². The first-order chi connectivity index (χ1) is 5.04. The van der Waals surface area contributed by atoms with Crippen LogP contribution in [0.25, 0.3) is 0 Å². The van der Waals surface area contributed by atoms with Gasteiger partial charge in [0.05, 0.1) is 5.60 Å². The minimum Gasteiger partial charge on any atom is -0.480 e. The summed E-state index contributed by atoms with van der Waals surface area (Å²) in [6.07, 6.45) is 1.38. The molecule has 0 bridgehead atoms. The van der Waals surface area contributed by atoms with Gasteiger partial charge in [0.25, 0.3) is 0 Å². The highest BCUT2D eigenvalue weighted by atomic mass is 16.4. The minimum atomic E-state index is -1.09. The molecule has 0 aromatic rings. The van der Waals surface area contributed by atoms with Crippen LogP contribution in [0.3, 0.4) is 0 Å². The molecule has 4 nitrogen and oxygen atoms in total. The molecule has 1 fully saturated rings. The second-order valence-electron chi connectivity index (χ2n) is 3.19. The lowest BCUT2D eigenvalue weighted by atomic mass is 9.88. The molecule has 3 N–H and O–H groups in total. The third-order valence-electron chi connectivity index (χ3n) is 2.08. The molecule has 0 unspecified atom stereocenters. The number of carboxylic acids is 1. The number of nitrogens with one attached hydrogen (secondary N) is 1. The molecule has 4 heteroatoms. The lowest BCUT2D eigenvalue weighted by Gasteiger charge is -2.34. The molecule has 64 valence electrons. The highest BCUT2D eigenvalue weighted by Gasteiger charge is 2.39. The number of hydrogen-bond acceptors (Lipinski definition) is 3. The molecular weight excluding hydrogens is 146 g/mol. The molecule has 0 radical (unpaired) electrons. The first kappa shape index (κ1) is 8.49. The largest absolute Gasteiger partial charge is 0.480 e. The van der Waals surface area contributed by atoms with E-state index in [9.17, 15) is 9.90 Å². The van der Waals surface area contributed by atoms with Gasteiger partial charge in [-0.05, 0) is 26.3 Å². The summed E-state index contributed by atoms with van der Waals surface area (Å²) in [5, 5.41) is 21.0. The Balaban J connectivity index is 2.67.